The number of hydrogen-bond acceptors (Lipinski definition) is 3. The summed E-state index contributed by atoms with van der Waals surface area (Å²) in [6.07, 6.45) is 2.23. The number of nitrogens with one attached hydrogen (secondary N) is 1. The van der Waals surface area contributed by atoms with Gasteiger partial charge in [-0.3, -0.25) is 4.79 Å². The molecular formula is C10H19ClN2O2. The summed E-state index contributed by atoms with van der Waals surface area (Å²) in [6.45, 7) is 3.97. The molecule has 2 saturated heterocycles. The molecule has 2 rings (SSSR count). The molecule has 0 aromatic carbocycles. The lowest BCUT2D eigenvalue weighted by Crippen LogP contribution is -2.37. The summed E-state index contributed by atoms with van der Waals surface area (Å²) in [6, 6.07) is 0. The van der Waals surface area contributed by atoms with Gasteiger partial charge in [-0.2, -0.15) is 0 Å². The highest BCUT2D eigenvalue weighted by atomic mass is 35.5. The lowest BCUT2D eigenvalue weighted by Gasteiger charge is -2.21. The van der Waals surface area contributed by atoms with Gasteiger partial charge in [-0.05, 0) is 19.9 Å². The highest BCUT2D eigenvalue weighted by molar-refractivity contribution is 5.85. The van der Waals surface area contributed by atoms with Crippen molar-refractivity contribution >= 4 is 18.3 Å². The number of rotatable bonds is 2. The van der Waals surface area contributed by atoms with Crippen LogP contribution in [-0.4, -0.2) is 50.7 Å². The Hall–Kier alpha value is -0.320. The Bertz CT molecular complexity index is 229. The predicted octanol–water partition coefficient (Wildman–Crippen LogP) is 0.267. The maximum atomic E-state index is 11.6. The van der Waals surface area contributed by atoms with Crippen molar-refractivity contribution in [2.24, 2.45) is 5.41 Å². The molecule has 0 radical (unpaired) electrons. The van der Waals surface area contributed by atoms with Crippen molar-refractivity contribution in [1.82, 2.24) is 10.2 Å². The number of hydrogen-bond donors (Lipinski definition) is 1. The lowest BCUT2D eigenvalue weighted by atomic mass is 9.87. The maximum Gasteiger partial charge on any atom is 0.236 e. The molecule has 2 heterocycles. The lowest BCUT2D eigenvalue weighted by molar-refractivity contribution is -0.129. The third kappa shape index (κ3) is 2.62. The van der Waals surface area contributed by atoms with Crippen LogP contribution in [0.4, 0.5) is 0 Å². The summed E-state index contributed by atoms with van der Waals surface area (Å²) in [5.41, 5.74) is 0.295. The first-order chi connectivity index (χ1) is 6.76. The standard InChI is InChI=1S/C10H18N2O2.ClH/c1-11-6-9(13)12-4-2-10(7-12)3-5-14-8-10;/h11H,2-8H2,1H3;1H. The first-order valence-electron chi connectivity index (χ1n) is 5.26. The van der Waals surface area contributed by atoms with Crippen LogP contribution in [0.15, 0.2) is 0 Å². The van der Waals surface area contributed by atoms with Crippen LogP contribution < -0.4 is 5.32 Å². The first-order valence-corrected chi connectivity index (χ1v) is 5.26. The van der Waals surface area contributed by atoms with Crippen LogP contribution in [0.5, 0.6) is 0 Å². The molecule has 2 fully saturated rings. The maximum absolute atomic E-state index is 11.6. The van der Waals surface area contributed by atoms with Crippen LogP contribution in [-0.2, 0) is 9.53 Å². The third-order valence-corrected chi connectivity index (χ3v) is 3.30. The minimum Gasteiger partial charge on any atom is -0.381 e. The minimum absolute atomic E-state index is 0. The van der Waals surface area contributed by atoms with Crippen LogP contribution in [0.1, 0.15) is 12.8 Å². The molecule has 1 amide bonds. The van der Waals surface area contributed by atoms with Crippen LogP contribution >= 0.6 is 12.4 Å². The van der Waals surface area contributed by atoms with Crippen LogP contribution in [0, 0.1) is 5.41 Å². The number of nitrogens with zero attached hydrogens (tertiary/aromatic N) is 1. The van der Waals surface area contributed by atoms with Gasteiger partial charge in [-0.15, -0.1) is 12.4 Å². The zero-order valence-corrected chi connectivity index (χ0v) is 9.94. The van der Waals surface area contributed by atoms with Crippen LogP contribution in [0.25, 0.3) is 0 Å². The molecule has 0 aliphatic carbocycles. The average Bonchev–Trinajstić information content (AvgIpc) is 2.78. The van der Waals surface area contributed by atoms with Gasteiger partial charge in [-0.1, -0.05) is 0 Å². The van der Waals surface area contributed by atoms with E-state index in [9.17, 15) is 4.79 Å². The highest BCUT2D eigenvalue weighted by Crippen LogP contribution is 2.37. The highest BCUT2D eigenvalue weighted by Gasteiger charge is 2.42. The second-order valence-electron chi connectivity index (χ2n) is 4.40. The zero-order valence-electron chi connectivity index (χ0n) is 9.12. The van der Waals surface area contributed by atoms with Crippen molar-refractivity contribution in [2.45, 2.75) is 12.8 Å². The molecule has 1 spiro atoms. The topological polar surface area (TPSA) is 41.6 Å². The van der Waals surface area contributed by atoms with E-state index >= 15 is 0 Å². The second kappa shape index (κ2) is 5.14. The molecule has 0 aromatic heterocycles. The van der Waals surface area contributed by atoms with Gasteiger partial charge >= 0.3 is 0 Å². The van der Waals surface area contributed by atoms with Gasteiger partial charge in [0.2, 0.25) is 5.91 Å². The number of halogens is 1. The number of likely N-dealkylation sites (N-methyl/N-ethyl adjacent to an activating group) is 1. The van der Waals surface area contributed by atoms with Gasteiger partial charge in [-0.25, -0.2) is 0 Å². The van der Waals surface area contributed by atoms with Gasteiger partial charge in [0.25, 0.3) is 0 Å². The van der Waals surface area contributed by atoms with Gasteiger partial charge in [0.05, 0.1) is 13.2 Å². The number of amides is 1. The predicted molar refractivity (Wildman–Crippen MR) is 60.2 cm³/mol. The van der Waals surface area contributed by atoms with Crippen molar-refractivity contribution < 1.29 is 9.53 Å². The van der Waals surface area contributed by atoms with Crippen LogP contribution in [0.2, 0.25) is 0 Å². The quantitative estimate of drug-likeness (QED) is 0.746. The molecule has 5 heteroatoms. The zero-order chi connectivity index (χ0) is 10.0. The van der Waals surface area contributed by atoms with E-state index in [0.29, 0.717) is 12.0 Å². The van der Waals surface area contributed by atoms with E-state index in [1.807, 2.05) is 11.9 Å². The molecule has 1 N–H and O–H groups in total. The van der Waals surface area contributed by atoms with E-state index in [1.165, 1.54) is 0 Å². The van der Waals surface area contributed by atoms with Gasteiger partial charge in [0.15, 0.2) is 0 Å². The van der Waals surface area contributed by atoms with Crippen molar-refractivity contribution in [1.29, 1.82) is 0 Å². The fourth-order valence-electron chi connectivity index (χ4n) is 2.38. The molecule has 88 valence electrons. The van der Waals surface area contributed by atoms with Gasteiger partial charge < -0.3 is 15.0 Å². The normalized spacial score (nSPS) is 29.5. The Morgan fingerprint density at radius 2 is 2.33 bits per heavy atom. The monoisotopic (exact) mass is 234 g/mol. The van der Waals surface area contributed by atoms with E-state index in [0.717, 1.165) is 39.1 Å². The largest absolute Gasteiger partial charge is 0.381 e. The number of carbonyl (C=O) groups is 1. The second-order valence-corrected chi connectivity index (χ2v) is 4.40. The number of likely N-dealkylation sites (tertiary alicyclic amines) is 1. The molecule has 0 aromatic rings. The molecule has 2 aliphatic rings. The Kier molecular flexibility index (Phi) is 4.37. The molecule has 0 saturated carbocycles. The van der Waals surface area contributed by atoms with E-state index < -0.39 is 0 Å². The Labute approximate surface area is 96.7 Å². The van der Waals surface area contributed by atoms with Gasteiger partial charge in [0.1, 0.15) is 0 Å². The molecule has 1 unspecified atom stereocenters. The Morgan fingerprint density at radius 1 is 1.53 bits per heavy atom. The Morgan fingerprint density at radius 3 is 2.93 bits per heavy atom. The minimum atomic E-state index is 0. The summed E-state index contributed by atoms with van der Waals surface area (Å²) in [4.78, 5) is 13.6. The number of ether oxygens (including phenoxy) is 1. The van der Waals surface area contributed by atoms with Crippen molar-refractivity contribution in [3.63, 3.8) is 0 Å². The average molecular weight is 235 g/mol. The van der Waals surface area contributed by atoms with Crippen molar-refractivity contribution in [3.8, 4) is 0 Å². The summed E-state index contributed by atoms with van der Waals surface area (Å²) >= 11 is 0. The summed E-state index contributed by atoms with van der Waals surface area (Å²) in [5.74, 6) is 0.219. The molecular weight excluding hydrogens is 216 g/mol. The van der Waals surface area contributed by atoms with E-state index in [1.54, 1.807) is 0 Å². The molecule has 2 aliphatic heterocycles. The molecule has 1 atom stereocenters. The summed E-state index contributed by atoms with van der Waals surface area (Å²) < 4.78 is 5.42. The van der Waals surface area contributed by atoms with Crippen LogP contribution in [0.3, 0.4) is 0 Å². The SMILES string of the molecule is CNCC(=O)N1CCC2(CCOC2)C1.Cl. The smallest absolute Gasteiger partial charge is 0.236 e. The Balaban J connectivity index is 0.00000112. The van der Waals surface area contributed by atoms with E-state index in [-0.39, 0.29) is 18.3 Å². The third-order valence-electron chi connectivity index (χ3n) is 3.30. The fraction of sp³-hybridized carbons (Fsp3) is 0.900. The summed E-state index contributed by atoms with van der Waals surface area (Å²) in [5, 5.41) is 2.90. The first kappa shape index (κ1) is 12.7. The van der Waals surface area contributed by atoms with Gasteiger partial charge in [0, 0.05) is 25.1 Å². The molecule has 4 nitrogen and oxygen atoms in total. The van der Waals surface area contributed by atoms with E-state index in [4.69, 9.17) is 4.74 Å². The molecule has 0 bridgehead atoms. The van der Waals surface area contributed by atoms with Crippen molar-refractivity contribution in [3.05, 3.63) is 0 Å². The fourth-order valence-corrected chi connectivity index (χ4v) is 2.38. The molecule has 15 heavy (non-hydrogen) atoms. The van der Waals surface area contributed by atoms with E-state index in [2.05, 4.69) is 5.32 Å². The van der Waals surface area contributed by atoms with Crippen molar-refractivity contribution in [2.75, 3.05) is 39.9 Å². The summed E-state index contributed by atoms with van der Waals surface area (Å²) in [7, 11) is 1.81. The number of carbonyl (C=O) groups excluding carboxylic acids is 1.